The number of carboxylic acid groups (broad SMARTS) is 1. The average Bonchev–Trinajstić information content (AvgIpc) is 2.92. The lowest BCUT2D eigenvalue weighted by Crippen LogP contribution is -2.48. The first kappa shape index (κ1) is 12.6. The molecule has 18 heavy (non-hydrogen) atoms. The Balaban J connectivity index is 2.40. The topological polar surface area (TPSA) is 63.9 Å². The molecular formula is C15H16NO2-. The van der Waals surface area contributed by atoms with Crippen LogP contribution in [0.4, 0.5) is 0 Å². The molecule has 1 aliphatic carbocycles. The van der Waals surface area contributed by atoms with Gasteiger partial charge in [0.05, 0.1) is 17.6 Å². The van der Waals surface area contributed by atoms with E-state index in [9.17, 15) is 9.90 Å². The highest BCUT2D eigenvalue weighted by Crippen LogP contribution is 2.41. The Morgan fingerprint density at radius 2 is 1.89 bits per heavy atom. The van der Waals surface area contributed by atoms with Gasteiger partial charge in [0.1, 0.15) is 0 Å². The molecule has 0 bridgehead atoms. The largest absolute Gasteiger partial charge is 0.549 e. The van der Waals surface area contributed by atoms with E-state index in [4.69, 9.17) is 5.26 Å². The monoisotopic (exact) mass is 242 g/mol. The molecule has 3 nitrogen and oxygen atoms in total. The number of benzene rings is 1. The van der Waals surface area contributed by atoms with Crippen molar-refractivity contribution in [1.29, 1.82) is 5.26 Å². The molecule has 0 N–H and O–H groups in total. The van der Waals surface area contributed by atoms with E-state index in [2.05, 4.69) is 0 Å². The van der Waals surface area contributed by atoms with Crippen LogP contribution in [0.2, 0.25) is 0 Å². The number of rotatable bonds is 3. The zero-order valence-corrected chi connectivity index (χ0v) is 10.5. The quantitative estimate of drug-likeness (QED) is 0.811. The smallest absolute Gasteiger partial charge is 0.0991 e. The van der Waals surface area contributed by atoms with Crippen LogP contribution in [0.5, 0.6) is 0 Å². The maximum atomic E-state index is 11.6. The first-order valence-electron chi connectivity index (χ1n) is 6.31. The molecular weight excluding hydrogens is 226 g/mol. The summed E-state index contributed by atoms with van der Waals surface area (Å²) in [6.45, 7) is 1.75. The number of nitriles is 1. The summed E-state index contributed by atoms with van der Waals surface area (Å²) in [4.78, 5) is 11.6. The van der Waals surface area contributed by atoms with Crippen LogP contribution in [0.3, 0.4) is 0 Å². The third kappa shape index (κ3) is 1.99. The van der Waals surface area contributed by atoms with Gasteiger partial charge < -0.3 is 9.90 Å². The van der Waals surface area contributed by atoms with Crippen LogP contribution in [-0.2, 0) is 10.2 Å². The van der Waals surface area contributed by atoms with Crippen molar-refractivity contribution in [1.82, 2.24) is 0 Å². The van der Waals surface area contributed by atoms with Gasteiger partial charge in [-0.05, 0) is 43.4 Å². The zero-order valence-electron chi connectivity index (χ0n) is 10.5. The van der Waals surface area contributed by atoms with E-state index in [0.717, 1.165) is 31.2 Å². The normalized spacial score (nSPS) is 19.1. The van der Waals surface area contributed by atoms with Crippen LogP contribution in [-0.4, -0.2) is 5.97 Å². The van der Waals surface area contributed by atoms with Gasteiger partial charge >= 0.3 is 0 Å². The molecule has 1 aromatic rings. The highest BCUT2D eigenvalue weighted by Gasteiger charge is 2.38. The van der Waals surface area contributed by atoms with Crippen molar-refractivity contribution in [3.05, 3.63) is 35.4 Å². The number of hydrogen-bond donors (Lipinski definition) is 0. The van der Waals surface area contributed by atoms with E-state index in [1.807, 2.05) is 6.07 Å². The first-order valence-corrected chi connectivity index (χ1v) is 6.31. The van der Waals surface area contributed by atoms with E-state index < -0.39 is 11.4 Å². The van der Waals surface area contributed by atoms with E-state index in [1.165, 1.54) is 0 Å². The summed E-state index contributed by atoms with van der Waals surface area (Å²) in [6.07, 6.45) is 4.04. The van der Waals surface area contributed by atoms with Crippen molar-refractivity contribution in [2.45, 2.75) is 38.0 Å². The molecule has 0 amide bonds. The summed E-state index contributed by atoms with van der Waals surface area (Å²) in [7, 11) is 0. The van der Waals surface area contributed by atoms with Crippen LogP contribution in [0.15, 0.2) is 24.3 Å². The minimum Gasteiger partial charge on any atom is -0.549 e. The molecule has 1 fully saturated rings. The molecule has 1 unspecified atom stereocenters. The van der Waals surface area contributed by atoms with E-state index in [-0.39, 0.29) is 5.92 Å². The molecule has 0 spiro atoms. The third-order valence-electron chi connectivity index (χ3n) is 4.21. The lowest BCUT2D eigenvalue weighted by atomic mass is 9.71. The molecule has 2 rings (SSSR count). The number of carbonyl (C=O) groups excluding carboxylic acids is 1. The number of carbonyl (C=O) groups is 1. The van der Waals surface area contributed by atoms with Gasteiger partial charge in [0.25, 0.3) is 0 Å². The Bertz CT molecular complexity index is 480. The lowest BCUT2D eigenvalue weighted by Gasteiger charge is -2.37. The number of hydrogen-bond acceptors (Lipinski definition) is 3. The van der Waals surface area contributed by atoms with Crippen LogP contribution < -0.4 is 5.11 Å². The van der Waals surface area contributed by atoms with Crippen LogP contribution in [0.25, 0.3) is 0 Å². The van der Waals surface area contributed by atoms with E-state index in [1.54, 1.807) is 31.2 Å². The van der Waals surface area contributed by atoms with Crippen LogP contribution >= 0.6 is 0 Å². The van der Waals surface area contributed by atoms with E-state index in [0.29, 0.717) is 5.56 Å². The number of nitrogens with zero attached hydrogens (tertiary/aromatic N) is 1. The van der Waals surface area contributed by atoms with Gasteiger partial charge in [-0.15, -0.1) is 0 Å². The Hall–Kier alpha value is -1.82. The van der Waals surface area contributed by atoms with Gasteiger partial charge in [0, 0.05) is 5.41 Å². The molecule has 94 valence electrons. The van der Waals surface area contributed by atoms with Gasteiger partial charge in [-0.25, -0.2) is 0 Å². The maximum Gasteiger partial charge on any atom is 0.0991 e. The second kappa shape index (κ2) is 4.81. The van der Waals surface area contributed by atoms with Crippen LogP contribution in [0, 0.1) is 17.2 Å². The maximum absolute atomic E-state index is 11.6. The molecule has 0 saturated heterocycles. The Morgan fingerprint density at radius 1 is 1.33 bits per heavy atom. The molecule has 3 heteroatoms. The summed E-state index contributed by atoms with van der Waals surface area (Å²) < 4.78 is 0. The van der Waals surface area contributed by atoms with Gasteiger partial charge in [0.2, 0.25) is 0 Å². The Labute approximate surface area is 107 Å². The number of aliphatic carboxylic acids is 1. The average molecular weight is 242 g/mol. The molecule has 1 aromatic carbocycles. The first-order chi connectivity index (χ1) is 8.59. The summed E-state index contributed by atoms with van der Waals surface area (Å²) in [5.41, 5.74) is 0.351. The van der Waals surface area contributed by atoms with Gasteiger partial charge in [0.15, 0.2) is 0 Å². The molecule has 0 radical (unpaired) electrons. The molecule has 1 aliphatic rings. The van der Waals surface area contributed by atoms with E-state index >= 15 is 0 Å². The molecule has 0 aromatic heterocycles. The van der Waals surface area contributed by atoms with Gasteiger partial charge in [-0.2, -0.15) is 5.26 Å². The minimum atomic E-state index is -1.01. The fourth-order valence-electron chi connectivity index (χ4n) is 2.91. The van der Waals surface area contributed by atoms with Crippen molar-refractivity contribution in [2.24, 2.45) is 5.92 Å². The zero-order chi connectivity index (χ0) is 13.2. The lowest BCUT2D eigenvalue weighted by molar-refractivity contribution is -0.315. The van der Waals surface area contributed by atoms with Crippen molar-refractivity contribution in [3.63, 3.8) is 0 Å². The van der Waals surface area contributed by atoms with Crippen molar-refractivity contribution >= 4 is 5.97 Å². The van der Waals surface area contributed by atoms with Gasteiger partial charge in [-0.1, -0.05) is 25.0 Å². The number of carboxylic acids is 1. The second-order valence-electron chi connectivity index (χ2n) is 5.16. The predicted octanol–water partition coefficient (Wildman–Crippen LogP) is 1.76. The minimum absolute atomic E-state index is 0.135. The highest BCUT2D eigenvalue weighted by atomic mass is 16.4. The molecule has 1 saturated carbocycles. The van der Waals surface area contributed by atoms with Crippen LogP contribution in [0.1, 0.15) is 43.7 Å². The Kier molecular flexibility index (Phi) is 3.38. The fourth-order valence-corrected chi connectivity index (χ4v) is 2.91. The fraction of sp³-hybridized carbons (Fsp3) is 0.467. The molecule has 0 aliphatic heterocycles. The summed E-state index contributed by atoms with van der Waals surface area (Å²) in [5, 5.41) is 20.4. The third-order valence-corrected chi connectivity index (χ3v) is 4.21. The standard InChI is InChI=1S/C15H17NO2/c1-15(14(17)18,12-4-2-3-5-12)13-8-6-11(10-16)7-9-13/h6-9,12H,2-5H2,1H3,(H,17,18)/p-1. The Morgan fingerprint density at radius 3 is 2.33 bits per heavy atom. The summed E-state index contributed by atoms with van der Waals surface area (Å²) in [5.74, 6) is -0.880. The SMILES string of the molecule is CC(C(=O)[O-])(c1ccc(C#N)cc1)C1CCCC1. The van der Waals surface area contributed by atoms with Crippen molar-refractivity contribution in [3.8, 4) is 6.07 Å². The van der Waals surface area contributed by atoms with Gasteiger partial charge in [-0.3, -0.25) is 0 Å². The van der Waals surface area contributed by atoms with Crippen molar-refractivity contribution < 1.29 is 9.90 Å². The van der Waals surface area contributed by atoms with Crippen molar-refractivity contribution in [2.75, 3.05) is 0 Å². The molecule has 1 atom stereocenters. The summed E-state index contributed by atoms with van der Waals surface area (Å²) >= 11 is 0. The predicted molar refractivity (Wildman–Crippen MR) is 65.5 cm³/mol. The highest BCUT2D eigenvalue weighted by molar-refractivity contribution is 5.79. The second-order valence-corrected chi connectivity index (χ2v) is 5.16. The summed E-state index contributed by atoms with van der Waals surface area (Å²) in [6, 6.07) is 8.87. The molecule has 0 heterocycles.